The molecule has 0 bridgehead atoms. The number of amides is 2. The number of ether oxygens (including phenoxy) is 2. The Labute approximate surface area is 252 Å². The molecule has 0 spiro atoms. The molecule has 8 nitrogen and oxygen atoms in total. The van der Waals surface area contributed by atoms with Crippen molar-refractivity contribution < 1.29 is 24.2 Å². The van der Waals surface area contributed by atoms with Crippen molar-refractivity contribution in [2.45, 2.75) is 26.2 Å². The Kier molecular flexibility index (Phi) is 6.70. The molecule has 1 saturated heterocycles. The van der Waals surface area contributed by atoms with Gasteiger partial charge in [-0.25, -0.2) is 4.90 Å². The number of phenolic OH excluding ortho intramolecular Hbond substituents is 1. The first kappa shape index (κ1) is 28.1. The quantitative estimate of drug-likeness (QED) is 0.244. The van der Waals surface area contributed by atoms with Gasteiger partial charge in [0.2, 0.25) is 17.6 Å². The zero-order valence-electron chi connectivity index (χ0n) is 23.9. The first-order chi connectivity index (χ1) is 20.0. The Morgan fingerprint density at radius 3 is 2.50 bits per heavy atom. The number of carbonyl (C=O) groups is 2. The predicted octanol–water partition coefficient (Wildman–Crippen LogP) is 6.78. The summed E-state index contributed by atoms with van der Waals surface area (Å²) in [6.07, 6.45) is 4.07. The molecule has 2 amide bonds. The molecule has 2 aromatic carbocycles. The van der Waals surface area contributed by atoms with E-state index in [9.17, 15) is 14.7 Å². The van der Waals surface area contributed by atoms with Gasteiger partial charge in [-0.3, -0.25) is 14.3 Å². The van der Waals surface area contributed by atoms with Crippen LogP contribution in [0.4, 0.5) is 5.82 Å². The number of hydrogen-bond acceptors (Lipinski definition) is 7. The summed E-state index contributed by atoms with van der Waals surface area (Å²) in [6.45, 7) is 7.86. The van der Waals surface area contributed by atoms with Crippen molar-refractivity contribution in [3.05, 3.63) is 76.9 Å². The number of aromatic nitrogens is 2. The summed E-state index contributed by atoms with van der Waals surface area (Å²) >= 11 is 7.84. The number of anilines is 1. The Hall–Kier alpha value is -4.08. The van der Waals surface area contributed by atoms with Crippen molar-refractivity contribution in [1.29, 1.82) is 0 Å². The third kappa shape index (κ3) is 3.90. The lowest BCUT2D eigenvalue weighted by molar-refractivity contribution is -0.127. The number of nitrogens with zero attached hydrogens (tertiary/aromatic N) is 3. The van der Waals surface area contributed by atoms with Crippen LogP contribution in [-0.4, -0.2) is 40.9 Å². The second-order valence-electron chi connectivity index (χ2n) is 10.9. The fraction of sp³-hybridized carbons (Fsp3) is 0.281. The first-order valence-corrected chi connectivity index (χ1v) is 14.6. The second kappa shape index (κ2) is 10.0. The highest BCUT2D eigenvalue weighted by atomic mass is 35.5. The lowest BCUT2D eigenvalue weighted by atomic mass is 9.60. The Bertz CT molecular complexity index is 1810. The second-order valence-corrected chi connectivity index (χ2v) is 12.4. The average Bonchev–Trinajstić information content (AvgIpc) is 3.57. The molecular formula is C32H30ClN3O5S. The molecule has 1 fully saturated rings. The van der Waals surface area contributed by atoms with Crippen molar-refractivity contribution in [3.63, 3.8) is 0 Å². The van der Waals surface area contributed by atoms with Crippen LogP contribution in [0.2, 0.25) is 5.02 Å². The van der Waals surface area contributed by atoms with Gasteiger partial charge in [-0.1, -0.05) is 30.3 Å². The van der Waals surface area contributed by atoms with E-state index < -0.39 is 17.3 Å². The van der Waals surface area contributed by atoms with Gasteiger partial charge in [-0.15, -0.1) is 11.3 Å². The van der Waals surface area contributed by atoms with E-state index in [1.807, 2.05) is 38.1 Å². The normalized spacial score (nSPS) is 22.0. The number of fused-ring (bicyclic) bond motifs is 2. The highest BCUT2D eigenvalue weighted by molar-refractivity contribution is 7.22. The highest BCUT2D eigenvalue weighted by Gasteiger charge is 2.62. The molecule has 0 radical (unpaired) electrons. The highest BCUT2D eigenvalue weighted by Crippen LogP contribution is 2.58. The lowest BCUT2D eigenvalue weighted by Crippen LogP contribution is -2.42. The van der Waals surface area contributed by atoms with Gasteiger partial charge in [0.1, 0.15) is 11.5 Å². The number of aryl methyl sites for hydroxylation is 2. The molecule has 42 heavy (non-hydrogen) atoms. The minimum absolute atomic E-state index is 0.137. The number of imide groups is 1. The summed E-state index contributed by atoms with van der Waals surface area (Å²) in [7, 11) is 4.64. The SMILES string of the molecule is C=CC1=CCC2C(=O)N(c3cc(-c4sc5ccc(Cl)cc5c4C)nn3C)C(=O)C2(C)C1c1cc(OC)c(O)c(OC)c1. The third-order valence-electron chi connectivity index (χ3n) is 8.71. The summed E-state index contributed by atoms with van der Waals surface area (Å²) < 4.78 is 13.5. The molecule has 3 heterocycles. The summed E-state index contributed by atoms with van der Waals surface area (Å²) in [4.78, 5) is 30.8. The largest absolute Gasteiger partial charge is 0.502 e. The molecular weight excluding hydrogens is 574 g/mol. The van der Waals surface area contributed by atoms with Gasteiger partial charge in [-0.05, 0) is 72.7 Å². The number of allylic oxidation sites excluding steroid dienone is 3. The molecule has 2 aliphatic rings. The summed E-state index contributed by atoms with van der Waals surface area (Å²) in [5.41, 5.74) is 2.07. The fourth-order valence-corrected chi connectivity index (χ4v) is 7.86. The Morgan fingerprint density at radius 1 is 1.17 bits per heavy atom. The smallest absolute Gasteiger partial charge is 0.242 e. The Morgan fingerprint density at radius 2 is 1.86 bits per heavy atom. The van der Waals surface area contributed by atoms with E-state index in [1.54, 1.807) is 47.3 Å². The van der Waals surface area contributed by atoms with Crippen LogP contribution < -0.4 is 14.4 Å². The number of thiophene rings is 1. The topological polar surface area (TPSA) is 93.9 Å². The maximum absolute atomic E-state index is 14.5. The van der Waals surface area contributed by atoms with Gasteiger partial charge in [-0.2, -0.15) is 5.10 Å². The van der Waals surface area contributed by atoms with E-state index in [4.69, 9.17) is 26.2 Å². The molecule has 6 rings (SSSR count). The van der Waals surface area contributed by atoms with Crippen molar-refractivity contribution in [3.8, 4) is 27.8 Å². The number of rotatable bonds is 6. The van der Waals surface area contributed by atoms with E-state index in [1.165, 1.54) is 19.1 Å². The standard InChI is InChI=1S/C32H30ClN3O5S/c1-7-17-8-10-21-30(38)36(31(39)32(21,3)27(17)18-12-23(40-5)28(37)24(13-18)41-6)26-15-22(34-35(26)4)29-16(2)20-14-19(33)9-11-25(20)42-29/h7-9,11-15,21,27,37H,1,10H2,2-6H3. The fourth-order valence-electron chi connectivity index (χ4n) is 6.54. The molecule has 1 aliphatic carbocycles. The van der Waals surface area contributed by atoms with Crippen LogP contribution in [0.15, 0.2) is 60.7 Å². The van der Waals surface area contributed by atoms with E-state index in [0.717, 1.165) is 26.1 Å². The molecule has 1 N–H and O–H groups in total. The van der Waals surface area contributed by atoms with Gasteiger partial charge in [0.25, 0.3) is 0 Å². The predicted molar refractivity (Wildman–Crippen MR) is 165 cm³/mol. The van der Waals surface area contributed by atoms with Gasteiger partial charge in [0.05, 0.1) is 30.4 Å². The molecule has 0 saturated carbocycles. The molecule has 216 valence electrons. The Balaban J connectivity index is 1.46. The maximum Gasteiger partial charge on any atom is 0.242 e. The monoisotopic (exact) mass is 603 g/mol. The van der Waals surface area contributed by atoms with Crippen molar-refractivity contribution in [1.82, 2.24) is 9.78 Å². The molecule has 4 aromatic rings. The van der Waals surface area contributed by atoms with Gasteiger partial charge < -0.3 is 14.6 Å². The summed E-state index contributed by atoms with van der Waals surface area (Å²) in [6, 6.07) is 11.0. The number of phenols is 1. The van der Waals surface area contributed by atoms with Crippen LogP contribution in [0.1, 0.15) is 30.4 Å². The van der Waals surface area contributed by atoms with Crippen LogP contribution in [0.25, 0.3) is 20.7 Å². The van der Waals surface area contributed by atoms with E-state index in [0.29, 0.717) is 28.5 Å². The average molecular weight is 604 g/mol. The van der Waals surface area contributed by atoms with Crippen LogP contribution in [0.3, 0.4) is 0 Å². The summed E-state index contributed by atoms with van der Waals surface area (Å²) in [5, 5.41) is 17.0. The zero-order valence-corrected chi connectivity index (χ0v) is 25.5. The first-order valence-electron chi connectivity index (χ1n) is 13.4. The van der Waals surface area contributed by atoms with Crippen LogP contribution in [0, 0.1) is 18.3 Å². The molecule has 2 aromatic heterocycles. The lowest BCUT2D eigenvalue weighted by Gasteiger charge is -2.40. The van der Waals surface area contributed by atoms with Crippen LogP contribution in [-0.2, 0) is 16.6 Å². The minimum Gasteiger partial charge on any atom is -0.502 e. The van der Waals surface area contributed by atoms with Gasteiger partial charge in [0.15, 0.2) is 11.5 Å². The van der Waals surface area contributed by atoms with E-state index in [-0.39, 0.29) is 29.1 Å². The van der Waals surface area contributed by atoms with Gasteiger partial charge >= 0.3 is 0 Å². The zero-order chi connectivity index (χ0) is 30.1. The number of carbonyl (C=O) groups excluding carboxylic acids is 2. The molecule has 10 heteroatoms. The van der Waals surface area contributed by atoms with Crippen molar-refractivity contribution in [2.75, 3.05) is 19.1 Å². The maximum atomic E-state index is 14.5. The number of halogens is 1. The minimum atomic E-state index is -1.14. The number of hydrogen-bond donors (Lipinski definition) is 1. The summed E-state index contributed by atoms with van der Waals surface area (Å²) in [5.74, 6) is -1.06. The number of benzene rings is 2. The van der Waals surface area contributed by atoms with Gasteiger partial charge in [0, 0.05) is 28.8 Å². The molecule has 1 aliphatic heterocycles. The van der Waals surface area contributed by atoms with E-state index in [2.05, 4.69) is 6.58 Å². The van der Waals surface area contributed by atoms with E-state index >= 15 is 0 Å². The van der Waals surface area contributed by atoms with Crippen LogP contribution >= 0.6 is 22.9 Å². The van der Waals surface area contributed by atoms with Crippen molar-refractivity contribution >= 4 is 50.7 Å². The van der Waals surface area contributed by atoms with Crippen molar-refractivity contribution in [2.24, 2.45) is 18.4 Å². The number of methoxy groups -OCH3 is 2. The van der Waals surface area contributed by atoms with Crippen LogP contribution in [0.5, 0.6) is 17.2 Å². The molecule has 3 unspecified atom stereocenters. The number of aromatic hydroxyl groups is 1. The third-order valence-corrected chi connectivity index (χ3v) is 10.2. The molecule has 3 atom stereocenters.